The molecular formula is C12H16N4. The Labute approximate surface area is 95.9 Å². The number of nitriles is 1. The van der Waals surface area contributed by atoms with Crippen LogP contribution in [0, 0.1) is 11.3 Å². The van der Waals surface area contributed by atoms with Crippen molar-refractivity contribution in [1.82, 2.24) is 9.97 Å². The van der Waals surface area contributed by atoms with Crippen LogP contribution in [-0.4, -0.2) is 22.6 Å². The standard InChI is InChI=1S/C12H16N4/c1-10-5-3-2-4-8-16(10)12-14-7-6-11(9-13)15-12/h6-7,10H,2-5,8H2,1H3. The average Bonchev–Trinajstić information content (AvgIpc) is 2.54. The fraction of sp³-hybridized carbons (Fsp3) is 0.583. The fourth-order valence-corrected chi connectivity index (χ4v) is 2.12. The lowest BCUT2D eigenvalue weighted by Crippen LogP contribution is -2.34. The van der Waals surface area contributed by atoms with E-state index in [1.54, 1.807) is 12.3 Å². The minimum Gasteiger partial charge on any atom is -0.338 e. The molecule has 4 heteroatoms. The molecule has 1 aliphatic rings. The number of nitrogens with zero attached hydrogens (tertiary/aromatic N) is 4. The quantitative estimate of drug-likeness (QED) is 0.721. The van der Waals surface area contributed by atoms with Gasteiger partial charge in [-0.1, -0.05) is 12.8 Å². The molecule has 0 N–H and O–H groups in total. The highest BCUT2D eigenvalue weighted by atomic mass is 15.3. The Morgan fingerprint density at radius 2 is 2.31 bits per heavy atom. The van der Waals surface area contributed by atoms with E-state index < -0.39 is 0 Å². The first kappa shape index (κ1) is 10.9. The summed E-state index contributed by atoms with van der Waals surface area (Å²) in [6, 6.07) is 4.17. The summed E-state index contributed by atoms with van der Waals surface area (Å²) in [6.07, 6.45) is 6.58. The molecule has 1 atom stereocenters. The Hall–Kier alpha value is -1.63. The highest BCUT2D eigenvalue weighted by Crippen LogP contribution is 2.20. The van der Waals surface area contributed by atoms with Crippen molar-refractivity contribution in [1.29, 1.82) is 5.26 Å². The molecule has 0 saturated carbocycles. The first-order valence-electron chi connectivity index (χ1n) is 5.81. The van der Waals surface area contributed by atoms with Gasteiger partial charge in [0, 0.05) is 18.8 Å². The van der Waals surface area contributed by atoms with E-state index in [0.717, 1.165) is 6.54 Å². The van der Waals surface area contributed by atoms with E-state index in [2.05, 4.69) is 27.9 Å². The van der Waals surface area contributed by atoms with Crippen LogP contribution < -0.4 is 4.90 Å². The average molecular weight is 216 g/mol. The summed E-state index contributed by atoms with van der Waals surface area (Å²) < 4.78 is 0. The van der Waals surface area contributed by atoms with Crippen LogP contribution in [0.1, 0.15) is 38.3 Å². The zero-order valence-electron chi connectivity index (χ0n) is 9.56. The number of anilines is 1. The van der Waals surface area contributed by atoms with E-state index in [0.29, 0.717) is 17.7 Å². The van der Waals surface area contributed by atoms with Crippen LogP contribution in [0.2, 0.25) is 0 Å². The number of aromatic nitrogens is 2. The van der Waals surface area contributed by atoms with Gasteiger partial charge in [0.1, 0.15) is 11.8 Å². The van der Waals surface area contributed by atoms with Gasteiger partial charge in [-0.05, 0) is 25.8 Å². The SMILES string of the molecule is CC1CCCCCN1c1nccc(C#N)n1. The molecule has 0 aliphatic carbocycles. The summed E-state index contributed by atoms with van der Waals surface area (Å²) >= 11 is 0. The molecule has 4 nitrogen and oxygen atoms in total. The summed E-state index contributed by atoms with van der Waals surface area (Å²) in [6.45, 7) is 3.20. The maximum absolute atomic E-state index is 8.82. The van der Waals surface area contributed by atoms with E-state index >= 15 is 0 Å². The molecule has 0 radical (unpaired) electrons. The first-order valence-corrected chi connectivity index (χ1v) is 5.81. The topological polar surface area (TPSA) is 52.8 Å². The molecule has 2 heterocycles. The lowest BCUT2D eigenvalue weighted by atomic mass is 10.1. The molecular weight excluding hydrogens is 200 g/mol. The van der Waals surface area contributed by atoms with Crippen molar-refractivity contribution in [3.8, 4) is 6.07 Å². The summed E-state index contributed by atoms with van der Waals surface area (Å²) in [5.74, 6) is 0.702. The van der Waals surface area contributed by atoms with Gasteiger partial charge in [-0.15, -0.1) is 0 Å². The Kier molecular flexibility index (Phi) is 3.35. The largest absolute Gasteiger partial charge is 0.338 e. The van der Waals surface area contributed by atoms with Gasteiger partial charge in [-0.25, -0.2) is 9.97 Å². The number of hydrogen-bond acceptors (Lipinski definition) is 4. The second kappa shape index (κ2) is 4.93. The van der Waals surface area contributed by atoms with Crippen molar-refractivity contribution in [2.75, 3.05) is 11.4 Å². The second-order valence-electron chi connectivity index (χ2n) is 4.25. The maximum Gasteiger partial charge on any atom is 0.226 e. The van der Waals surface area contributed by atoms with E-state index in [-0.39, 0.29) is 0 Å². The molecule has 0 spiro atoms. The van der Waals surface area contributed by atoms with Gasteiger partial charge in [0.25, 0.3) is 0 Å². The molecule has 16 heavy (non-hydrogen) atoms. The molecule has 1 aromatic heterocycles. The predicted octanol–water partition coefficient (Wildman–Crippen LogP) is 2.12. The van der Waals surface area contributed by atoms with E-state index in [1.165, 1.54) is 25.7 Å². The zero-order valence-corrected chi connectivity index (χ0v) is 9.56. The summed E-state index contributed by atoms with van der Waals surface area (Å²) in [5, 5.41) is 8.82. The third kappa shape index (κ3) is 2.30. The van der Waals surface area contributed by atoms with Crippen LogP contribution in [0.5, 0.6) is 0 Å². The molecule has 0 bridgehead atoms. The van der Waals surface area contributed by atoms with Crippen molar-refractivity contribution < 1.29 is 0 Å². The monoisotopic (exact) mass is 216 g/mol. The smallest absolute Gasteiger partial charge is 0.226 e. The maximum atomic E-state index is 8.82. The highest BCUT2D eigenvalue weighted by molar-refractivity contribution is 5.34. The Morgan fingerprint density at radius 3 is 3.12 bits per heavy atom. The fourth-order valence-electron chi connectivity index (χ4n) is 2.12. The van der Waals surface area contributed by atoms with Gasteiger partial charge >= 0.3 is 0 Å². The molecule has 1 unspecified atom stereocenters. The molecule has 0 amide bonds. The van der Waals surface area contributed by atoms with Crippen molar-refractivity contribution >= 4 is 5.95 Å². The lowest BCUT2D eigenvalue weighted by molar-refractivity contribution is 0.604. The molecule has 1 saturated heterocycles. The minimum absolute atomic E-state index is 0.446. The third-order valence-corrected chi connectivity index (χ3v) is 3.07. The van der Waals surface area contributed by atoms with E-state index in [1.807, 2.05) is 0 Å². The molecule has 0 aromatic carbocycles. The molecule has 1 fully saturated rings. The predicted molar refractivity (Wildman–Crippen MR) is 62.0 cm³/mol. The van der Waals surface area contributed by atoms with Crippen LogP contribution in [0.4, 0.5) is 5.95 Å². The zero-order chi connectivity index (χ0) is 11.4. The van der Waals surface area contributed by atoms with Gasteiger partial charge in [0.2, 0.25) is 5.95 Å². The third-order valence-electron chi connectivity index (χ3n) is 3.07. The Balaban J connectivity index is 2.24. The minimum atomic E-state index is 0.446. The van der Waals surface area contributed by atoms with Gasteiger partial charge in [0.15, 0.2) is 0 Å². The summed E-state index contributed by atoms with van der Waals surface area (Å²) in [5.41, 5.74) is 0.446. The normalized spacial score (nSPS) is 21.2. The first-order chi connectivity index (χ1) is 7.81. The number of rotatable bonds is 1. The van der Waals surface area contributed by atoms with Gasteiger partial charge < -0.3 is 4.90 Å². The van der Waals surface area contributed by atoms with E-state index in [4.69, 9.17) is 5.26 Å². The van der Waals surface area contributed by atoms with Gasteiger partial charge in [-0.2, -0.15) is 5.26 Å². The van der Waals surface area contributed by atoms with Gasteiger partial charge in [0.05, 0.1) is 0 Å². The van der Waals surface area contributed by atoms with Crippen LogP contribution >= 0.6 is 0 Å². The number of hydrogen-bond donors (Lipinski definition) is 0. The van der Waals surface area contributed by atoms with Crippen LogP contribution in [0.3, 0.4) is 0 Å². The van der Waals surface area contributed by atoms with Crippen molar-refractivity contribution in [2.45, 2.75) is 38.6 Å². The molecule has 84 valence electrons. The van der Waals surface area contributed by atoms with Crippen molar-refractivity contribution in [2.24, 2.45) is 0 Å². The van der Waals surface area contributed by atoms with Crippen molar-refractivity contribution in [3.05, 3.63) is 18.0 Å². The summed E-state index contributed by atoms with van der Waals surface area (Å²) in [7, 11) is 0. The molecule has 2 rings (SSSR count). The van der Waals surface area contributed by atoms with E-state index in [9.17, 15) is 0 Å². The molecule has 1 aliphatic heterocycles. The molecule has 1 aromatic rings. The second-order valence-corrected chi connectivity index (χ2v) is 4.25. The highest BCUT2D eigenvalue weighted by Gasteiger charge is 2.19. The van der Waals surface area contributed by atoms with Crippen LogP contribution in [0.15, 0.2) is 12.3 Å². The van der Waals surface area contributed by atoms with Crippen molar-refractivity contribution in [3.63, 3.8) is 0 Å². The Morgan fingerprint density at radius 1 is 1.44 bits per heavy atom. The van der Waals surface area contributed by atoms with Crippen LogP contribution in [-0.2, 0) is 0 Å². The summed E-state index contributed by atoms with van der Waals surface area (Å²) in [4.78, 5) is 10.7. The Bertz CT molecular complexity index is 396. The van der Waals surface area contributed by atoms with Crippen LogP contribution in [0.25, 0.3) is 0 Å². The van der Waals surface area contributed by atoms with Gasteiger partial charge in [-0.3, -0.25) is 0 Å². The lowest BCUT2D eigenvalue weighted by Gasteiger charge is -2.26.